The lowest BCUT2D eigenvalue weighted by Gasteiger charge is -2.47. The number of rotatable bonds is 3. The summed E-state index contributed by atoms with van der Waals surface area (Å²) in [6.45, 7) is 9.79. The summed E-state index contributed by atoms with van der Waals surface area (Å²) in [6, 6.07) is 5.26. The zero-order valence-electron chi connectivity index (χ0n) is 16.7. The number of anilines is 1. The third-order valence-corrected chi connectivity index (χ3v) is 5.20. The number of benzene rings is 1. The van der Waals surface area contributed by atoms with Crippen LogP contribution in [0.1, 0.15) is 36.7 Å². The first kappa shape index (κ1) is 20.4. The van der Waals surface area contributed by atoms with E-state index in [2.05, 4.69) is 9.80 Å². The number of carbonyl (C=O) groups is 2. The summed E-state index contributed by atoms with van der Waals surface area (Å²) in [6.07, 6.45) is -0.280. The van der Waals surface area contributed by atoms with Crippen LogP contribution in [0.5, 0.6) is 0 Å². The second kappa shape index (κ2) is 7.97. The number of hydrogen-bond donors (Lipinski definition) is 2. The Balaban J connectivity index is 1.70. The Labute approximate surface area is 165 Å². The van der Waals surface area contributed by atoms with Gasteiger partial charge in [0.1, 0.15) is 5.60 Å². The first-order chi connectivity index (χ1) is 13.2. The van der Waals surface area contributed by atoms with E-state index in [0.717, 1.165) is 31.9 Å². The van der Waals surface area contributed by atoms with E-state index in [1.165, 1.54) is 0 Å². The number of hydrogen-bond acceptors (Lipinski definition) is 6. The molecular formula is C20H29N3O5. The van der Waals surface area contributed by atoms with Crippen LogP contribution < -0.4 is 4.90 Å². The number of piperazine rings is 2. The molecule has 2 fully saturated rings. The maximum atomic E-state index is 12.4. The zero-order valence-corrected chi connectivity index (χ0v) is 16.7. The molecule has 2 aliphatic rings. The smallest absolute Gasteiger partial charge is 0.410 e. The summed E-state index contributed by atoms with van der Waals surface area (Å²) in [4.78, 5) is 30.0. The van der Waals surface area contributed by atoms with Crippen LogP contribution in [0.25, 0.3) is 0 Å². The van der Waals surface area contributed by atoms with Gasteiger partial charge in [-0.1, -0.05) is 0 Å². The van der Waals surface area contributed by atoms with Gasteiger partial charge in [0.25, 0.3) is 0 Å². The zero-order chi connectivity index (χ0) is 20.5. The predicted octanol–water partition coefficient (Wildman–Crippen LogP) is 1.62. The van der Waals surface area contributed by atoms with Crippen molar-refractivity contribution in [1.82, 2.24) is 9.80 Å². The second-order valence-corrected chi connectivity index (χ2v) is 8.37. The van der Waals surface area contributed by atoms with Gasteiger partial charge in [-0.05, 0) is 44.5 Å². The third-order valence-electron chi connectivity index (χ3n) is 5.20. The minimum Gasteiger partial charge on any atom is -0.478 e. The molecule has 154 valence electrons. The van der Waals surface area contributed by atoms with Gasteiger partial charge >= 0.3 is 12.1 Å². The Morgan fingerprint density at radius 1 is 1.14 bits per heavy atom. The molecule has 8 nitrogen and oxygen atoms in total. The number of carboxylic acid groups (broad SMARTS) is 1. The summed E-state index contributed by atoms with van der Waals surface area (Å²) in [5, 5.41) is 18.8. The monoisotopic (exact) mass is 391 g/mol. The average molecular weight is 391 g/mol. The molecule has 2 saturated heterocycles. The van der Waals surface area contributed by atoms with Gasteiger partial charge in [-0.25, -0.2) is 9.59 Å². The van der Waals surface area contributed by atoms with Crippen molar-refractivity contribution in [1.29, 1.82) is 0 Å². The lowest BCUT2D eigenvalue weighted by Crippen LogP contribution is -2.63. The van der Waals surface area contributed by atoms with Crippen molar-refractivity contribution in [3.8, 4) is 0 Å². The summed E-state index contributed by atoms with van der Waals surface area (Å²) in [5.74, 6) is -1.04. The predicted molar refractivity (Wildman–Crippen MR) is 105 cm³/mol. The SMILES string of the molecule is CC(C)(C)OC(=O)N1CCN2CCN(c3ccc(C(=O)O)c(CO)c3)CC2C1. The Bertz CT molecular complexity index is 746. The van der Waals surface area contributed by atoms with E-state index < -0.39 is 11.6 Å². The Morgan fingerprint density at radius 2 is 1.86 bits per heavy atom. The number of carboxylic acids is 1. The van der Waals surface area contributed by atoms with E-state index in [-0.39, 0.29) is 24.3 Å². The van der Waals surface area contributed by atoms with Crippen LogP contribution in [0, 0.1) is 0 Å². The van der Waals surface area contributed by atoms with E-state index in [4.69, 9.17) is 4.74 Å². The molecule has 0 bridgehead atoms. The minimum absolute atomic E-state index is 0.124. The van der Waals surface area contributed by atoms with Gasteiger partial charge < -0.3 is 24.7 Å². The Hall–Kier alpha value is -2.32. The Kier molecular flexibility index (Phi) is 5.81. The molecule has 1 aromatic rings. The molecule has 0 spiro atoms. The number of ether oxygens (including phenoxy) is 1. The van der Waals surface area contributed by atoms with Gasteiger partial charge in [0.05, 0.1) is 12.2 Å². The molecule has 1 atom stereocenters. The summed E-state index contributed by atoms with van der Waals surface area (Å²) < 4.78 is 5.51. The maximum Gasteiger partial charge on any atom is 0.410 e. The number of carbonyl (C=O) groups excluding carboxylic acids is 1. The van der Waals surface area contributed by atoms with Gasteiger partial charge in [0.15, 0.2) is 0 Å². The molecule has 0 aromatic heterocycles. The van der Waals surface area contributed by atoms with E-state index in [1.807, 2.05) is 20.8 Å². The number of aliphatic hydroxyl groups is 1. The fourth-order valence-electron chi connectivity index (χ4n) is 3.80. The van der Waals surface area contributed by atoms with E-state index >= 15 is 0 Å². The average Bonchev–Trinajstić information content (AvgIpc) is 2.65. The van der Waals surface area contributed by atoms with Gasteiger partial charge in [-0.3, -0.25) is 4.90 Å². The summed E-state index contributed by atoms with van der Waals surface area (Å²) in [5.41, 5.74) is 0.910. The second-order valence-electron chi connectivity index (χ2n) is 8.37. The van der Waals surface area contributed by atoms with Crippen LogP contribution in [0.15, 0.2) is 18.2 Å². The van der Waals surface area contributed by atoms with Crippen molar-refractivity contribution in [3.05, 3.63) is 29.3 Å². The van der Waals surface area contributed by atoms with Gasteiger partial charge in [0, 0.05) is 51.0 Å². The van der Waals surface area contributed by atoms with Crippen molar-refractivity contribution < 1.29 is 24.5 Å². The highest BCUT2D eigenvalue weighted by Gasteiger charge is 2.35. The number of fused-ring (bicyclic) bond motifs is 1. The van der Waals surface area contributed by atoms with E-state index in [9.17, 15) is 19.8 Å². The van der Waals surface area contributed by atoms with Crippen LogP contribution in [-0.4, -0.2) is 83.0 Å². The molecule has 1 aromatic carbocycles. The highest BCUT2D eigenvalue weighted by atomic mass is 16.6. The molecule has 1 amide bonds. The normalized spacial score (nSPS) is 20.6. The number of aromatic carboxylic acids is 1. The van der Waals surface area contributed by atoms with Gasteiger partial charge in [-0.2, -0.15) is 0 Å². The first-order valence-electron chi connectivity index (χ1n) is 9.62. The van der Waals surface area contributed by atoms with Crippen molar-refractivity contribution in [2.75, 3.05) is 44.2 Å². The van der Waals surface area contributed by atoms with Gasteiger partial charge in [0.2, 0.25) is 0 Å². The molecule has 3 rings (SSSR count). The summed E-state index contributed by atoms with van der Waals surface area (Å²) >= 11 is 0. The molecule has 2 N–H and O–H groups in total. The van der Waals surface area contributed by atoms with E-state index in [1.54, 1.807) is 23.1 Å². The lowest BCUT2D eigenvalue weighted by molar-refractivity contribution is 0.00217. The number of amides is 1. The topological polar surface area (TPSA) is 93.6 Å². The number of aliphatic hydroxyl groups excluding tert-OH is 1. The maximum absolute atomic E-state index is 12.4. The lowest BCUT2D eigenvalue weighted by atomic mass is 10.0. The van der Waals surface area contributed by atoms with Crippen molar-refractivity contribution in [3.63, 3.8) is 0 Å². The first-order valence-corrected chi connectivity index (χ1v) is 9.62. The molecule has 0 radical (unpaired) electrons. The molecule has 1 unspecified atom stereocenters. The van der Waals surface area contributed by atoms with Crippen molar-refractivity contribution >= 4 is 17.7 Å². The van der Waals surface area contributed by atoms with Crippen LogP contribution in [0.4, 0.5) is 10.5 Å². The molecule has 2 aliphatic heterocycles. The van der Waals surface area contributed by atoms with Crippen LogP contribution in [0.3, 0.4) is 0 Å². The number of nitrogens with zero attached hydrogens (tertiary/aromatic N) is 3. The van der Waals surface area contributed by atoms with Crippen LogP contribution in [-0.2, 0) is 11.3 Å². The van der Waals surface area contributed by atoms with Crippen molar-refractivity contribution in [2.45, 2.75) is 39.0 Å². The van der Waals surface area contributed by atoms with E-state index in [0.29, 0.717) is 18.7 Å². The van der Waals surface area contributed by atoms with Gasteiger partial charge in [-0.15, -0.1) is 0 Å². The molecule has 0 saturated carbocycles. The molecule has 28 heavy (non-hydrogen) atoms. The van der Waals surface area contributed by atoms with Crippen molar-refractivity contribution in [2.24, 2.45) is 0 Å². The molecule has 8 heteroatoms. The molecule has 2 heterocycles. The highest BCUT2D eigenvalue weighted by Crippen LogP contribution is 2.25. The Morgan fingerprint density at radius 3 is 2.50 bits per heavy atom. The summed E-state index contributed by atoms with van der Waals surface area (Å²) in [7, 11) is 0. The quantitative estimate of drug-likeness (QED) is 0.809. The standard InChI is InChI=1S/C20H29N3O5/c1-20(2,3)28-19(27)23-9-7-21-6-8-22(11-16(21)12-23)15-4-5-17(18(25)26)14(10-15)13-24/h4-5,10,16,24H,6-9,11-13H2,1-3H3,(H,25,26). The molecular weight excluding hydrogens is 362 g/mol. The van der Waals surface area contributed by atoms with Crippen LogP contribution >= 0.6 is 0 Å². The fraction of sp³-hybridized carbons (Fsp3) is 0.600. The third kappa shape index (κ3) is 4.56. The highest BCUT2D eigenvalue weighted by molar-refractivity contribution is 5.90. The fourth-order valence-corrected chi connectivity index (χ4v) is 3.80. The minimum atomic E-state index is -1.04. The van der Waals surface area contributed by atoms with Crippen LogP contribution in [0.2, 0.25) is 0 Å². The largest absolute Gasteiger partial charge is 0.478 e. The molecule has 0 aliphatic carbocycles.